The summed E-state index contributed by atoms with van der Waals surface area (Å²) in [5, 5.41) is 0.591. The highest BCUT2D eigenvalue weighted by Gasteiger charge is 2.16. The molecule has 0 amide bonds. The third-order valence-electron chi connectivity index (χ3n) is 3.30. The van der Waals surface area contributed by atoms with E-state index in [2.05, 4.69) is 22.9 Å². The summed E-state index contributed by atoms with van der Waals surface area (Å²) in [6, 6.07) is 3.99. The summed E-state index contributed by atoms with van der Waals surface area (Å²) < 4.78 is 0. The molecule has 0 N–H and O–H groups in total. The molecule has 1 aromatic heterocycles. The van der Waals surface area contributed by atoms with E-state index in [0.29, 0.717) is 5.15 Å². The zero-order chi connectivity index (χ0) is 11.5. The number of pyridine rings is 1. The average molecular weight is 239 g/mol. The third kappa shape index (κ3) is 2.96. The summed E-state index contributed by atoms with van der Waals surface area (Å²) in [5.74, 6) is 0.828. The topological polar surface area (TPSA) is 16.1 Å². The van der Waals surface area contributed by atoms with Gasteiger partial charge in [-0.25, -0.2) is 4.98 Å². The van der Waals surface area contributed by atoms with Gasteiger partial charge in [0.15, 0.2) is 0 Å². The summed E-state index contributed by atoms with van der Waals surface area (Å²) >= 11 is 5.86. The van der Waals surface area contributed by atoms with Crippen LogP contribution in [-0.2, 0) is 6.54 Å². The Balaban J connectivity index is 2.02. The molecule has 2 nitrogen and oxygen atoms in total. The Hall–Kier alpha value is -0.600. The van der Waals surface area contributed by atoms with E-state index in [9.17, 15) is 0 Å². The molecule has 1 atom stereocenters. The number of hydrogen-bond acceptors (Lipinski definition) is 2. The molecule has 1 fully saturated rings. The predicted octanol–water partition coefficient (Wildman–Crippen LogP) is 3.28. The maximum Gasteiger partial charge on any atom is 0.129 e. The molecule has 88 valence electrons. The van der Waals surface area contributed by atoms with Crippen molar-refractivity contribution in [3.63, 3.8) is 0 Å². The highest BCUT2D eigenvalue weighted by Crippen LogP contribution is 2.19. The molecule has 0 bridgehead atoms. The lowest BCUT2D eigenvalue weighted by Crippen LogP contribution is -2.33. The third-order valence-corrected chi connectivity index (χ3v) is 3.51. The average Bonchev–Trinajstić information content (AvgIpc) is 2.22. The van der Waals surface area contributed by atoms with Crippen LogP contribution in [0.5, 0.6) is 0 Å². The quantitative estimate of drug-likeness (QED) is 0.736. The van der Waals surface area contributed by atoms with Crippen molar-refractivity contribution in [3.05, 3.63) is 28.5 Å². The molecular formula is C13H19ClN2. The Bertz CT molecular complexity index is 365. The van der Waals surface area contributed by atoms with E-state index in [1.807, 2.05) is 13.0 Å². The lowest BCUT2D eigenvalue weighted by molar-refractivity contribution is 0.176. The molecule has 1 saturated heterocycles. The van der Waals surface area contributed by atoms with Crippen LogP contribution in [-0.4, -0.2) is 23.0 Å². The largest absolute Gasteiger partial charge is 0.299 e. The van der Waals surface area contributed by atoms with E-state index in [4.69, 9.17) is 11.6 Å². The van der Waals surface area contributed by atoms with Crippen molar-refractivity contribution in [2.75, 3.05) is 13.1 Å². The van der Waals surface area contributed by atoms with E-state index in [-0.39, 0.29) is 0 Å². The number of rotatable bonds is 2. The minimum atomic E-state index is 0.591. The molecule has 1 aliphatic rings. The lowest BCUT2D eigenvalue weighted by Gasteiger charge is -2.31. The van der Waals surface area contributed by atoms with Crippen molar-refractivity contribution in [3.8, 4) is 0 Å². The van der Waals surface area contributed by atoms with Crippen LogP contribution >= 0.6 is 11.6 Å². The zero-order valence-electron chi connectivity index (χ0n) is 10.0. The lowest BCUT2D eigenvalue weighted by atomic mass is 10.00. The summed E-state index contributed by atoms with van der Waals surface area (Å²) in [6.45, 7) is 7.81. The molecule has 0 aliphatic carbocycles. The van der Waals surface area contributed by atoms with Crippen LogP contribution in [0, 0.1) is 12.8 Å². The van der Waals surface area contributed by atoms with Crippen LogP contribution in [0.2, 0.25) is 5.15 Å². The first kappa shape index (κ1) is 11.9. The molecule has 2 rings (SSSR count). The first-order valence-electron chi connectivity index (χ1n) is 5.99. The van der Waals surface area contributed by atoms with Gasteiger partial charge in [0, 0.05) is 18.8 Å². The number of nitrogens with zero attached hydrogens (tertiary/aromatic N) is 2. The van der Waals surface area contributed by atoms with Gasteiger partial charge in [-0.05, 0) is 43.9 Å². The predicted molar refractivity (Wildman–Crippen MR) is 67.7 cm³/mol. The monoisotopic (exact) mass is 238 g/mol. The molecule has 3 heteroatoms. The number of likely N-dealkylation sites (tertiary alicyclic amines) is 1. The maximum absolute atomic E-state index is 5.86. The van der Waals surface area contributed by atoms with Crippen molar-refractivity contribution in [1.29, 1.82) is 0 Å². The van der Waals surface area contributed by atoms with Crippen molar-refractivity contribution in [2.45, 2.75) is 33.2 Å². The van der Waals surface area contributed by atoms with Gasteiger partial charge in [-0.15, -0.1) is 0 Å². The highest BCUT2D eigenvalue weighted by atomic mass is 35.5. The van der Waals surface area contributed by atoms with Gasteiger partial charge in [0.1, 0.15) is 5.15 Å². The fourth-order valence-corrected chi connectivity index (χ4v) is 2.59. The van der Waals surface area contributed by atoms with Crippen molar-refractivity contribution < 1.29 is 0 Å². The first-order chi connectivity index (χ1) is 7.65. The Labute approximate surface area is 103 Å². The summed E-state index contributed by atoms with van der Waals surface area (Å²) in [7, 11) is 0. The smallest absolute Gasteiger partial charge is 0.129 e. The number of aromatic nitrogens is 1. The second-order valence-corrected chi connectivity index (χ2v) is 5.25. The Kier molecular flexibility index (Phi) is 3.82. The van der Waals surface area contributed by atoms with E-state index in [1.54, 1.807) is 0 Å². The SMILES string of the molecule is Cc1nc(Cl)ccc1CN1CCCC(C)C1. The van der Waals surface area contributed by atoms with Crippen LogP contribution in [0.15, 0.2) is 12.1 Å². The zero-order valence-corrected chi connectivity index (χ0v) is 10.8. The van der Waals surface area contributed by atoms with Crippen molar-refractivity contribution >= 4 is 11.6 Å². The fourth-order valence-electron chi connectivity index (χ4n) is 2.40. The maximum atomic E-state index is 5.86. The van der Waals surface area contributed by atoms with Crippen LogP contribution in [0.1, 0.15) is 31.0 Å². The summed E-state index contributed by atoms with van der Waals surface area (Å²) in [6.07, 6.45) is 2.69. The van der Waals surface area contributed by atoms with Crippen LogP contribution < -0.4 is 0 Å². The normalized spacial score (nSPS) is 22.3. The number of piperidine rings is 1. The van der Waals surface area contributed by atoms with E-state index < -0.39 is 0 Å². The van der Waals surface area contributed by atoms with Crippen molar-refractivity contribution in [1.82, 2.24) is 9.88 Å². The molecule has 0 aromatic carbocycles. The Morgan fingerprint density at radius 1 is 1.50 bits per heavy atom. The molecule has 16 heavy (non-hydrogen) atoms. The van der Waals surface area contributed by atoms with E-state index in [1.165, 1.54) is 31.5 Å². The molecule has 0 spiro atoms. The van der Waals surface area contributed by atoms with Crippen molar-refractivity contribution in [2.24, 2.45) is 5.92 Å². The summed E-state index contributed by atoms with van der Waals surface area (Å²) in [4.78, 5) is 6.82. The van der Waals surface area contributed by atoms with Gasteiger partial charge in [-0.2, -0.15) is 0 Å². The van der Waals surface area contributed by atoms with Gasteiger partial charge in [0.25, 0.3) is 0 Å². The molecule has 0 saturated carbocycles. The van der Waals surface area contributed by atoms with Crippen LogP contribution in [0.25, 0.3) is 0 Å². The second-order valence-electron chi connectivity index (χ2n) is 4.86. The van der Waals surface area contributed by atoms with E-state index >= 15 is 0 Å². The molecule has 0 radical (unpaired) electrons. The Morgan fingerprint density at radius 3 is 3.00 bits per heavy atom. The number of aryl methyl sites for hydroxylation is 1. The molecule has 1 unspecified atom stereocenters. The number of hydrogen-bond donors (Lipinski definition) is 0. The highest BCUT2D eigenvalue weighted by molar-refractivity contribution is 6.29. The van der Waals surface area contributed by atoms with Gasteiger partial charge in [-0.3, -0.25) is 4.90 Å². The van der Waals surface area contributed by atoms with Gasteiger partial charge in [-0.1, -0.05) is 24.6 Å². The first-order valence-corrected chi connectivity index (χ1v) is 6.37. The van der Waals surface area contributed by atoms with Crippen LogP contribution in [0.4, 0.5) is 0 Å². The second kappa shape index (κ2) is 5.15. The van der Waals surface area contributed by atoms with Crippen LogP contribution in [0.3, 0.4) is 0 Å². The molecule has 1 aliphatic heterocycles. The van der Waals surface area contributed by atoms with Gasteiger partial charge >= 0.3 is 0 Å². The molecule has 1 aromatic rings. The minimum Gasteiger partial charge on any atom is -0.299 e. The van der Waals surface area contributed by atoms with E-state index in [0.717, 1.165) is 18.2 Å². The Morgan fingerprint density at radius 2 is 2.31 bits per heavy atom. The standard InChI is InChI=1S/C13H19ClN2/c1-10-4-3-7-16(8-10)9-12-5-6-13(14)15-11(12)2/h5-6,10H,3-4,7-9H2,1-2H3. The van der Waals surface area contributed by atoms with Gasteiger partial charge in [0.2, 0.25) is 0 Å². The fraction of sp³-hybridized carbons (Fsp3) is 0.615. The number of halogens is 1. The summed E-state index contributed by atoms with van der Waals surface area (Å²) in [5.41, 5.74) is 2.37. The van der Waals surface area contributed by atoms with Gasteiger partial charge < -0.3 is 0 Å². The molecule has 2 heterocycles. The van der Waals surface area contributed by atoms with Gasteiger partial charge in [0.05, 0.1) is 0 Å². The molecular weight excluding hydrogens is 220 g/mol. The minimum absolute atomic E-state index is 0.591.